The Balaban J connectivity index is 3.02. The molecule has 3 N–H and O–H groups in total. The largest absolute Gasteiger partial charge is 0.323 e. The van der Waals surface area contributed by atoms with Gasteiger partial charge in [-0.15, -0.1) is 0 Å². The number of pyridine rings is 1. The van der Waals surface area contributed by atoms with E-state index in [2.05, 4.69) is 10.4 Å². The molecule has 0 radical (unpaired) electrons. The van der Waals surface area contributed by atoms with Crippen molar-refractivity contribution in [1.29, 1.82) is 0 Å². The van der Waals surface area contributed by atoms with E-state index in [1.54, 1.807) is 6.92 Å². The van der Waals surface area contributed by atoms with Gasteiger partial charge in [0, 0.05) is 5.69 Å². The fraction of sp³-hybridized carbons (Fsp3) is 0.308. The topological polar surface area (TPSA) is 50.9 Å². The Hall–Kier alpha value is -1.75. The van der Waals surface area contributed by atoms with E-state index in [9.17, 15) is 8.78 Å². The van der Waals surface area contributed by atoms with E-state index in [0.29, 0.717) is 17.8 Å². The van der Waals surface area contributed by atoms with Crippen molar-refractivity contribution in [3.63, 3.8) is 0 Å². The zero-order chi connectivity index (χ0) is 13.4. The number of hydrogen-bond donors (Lipinski definition) is 2. The first-order valence-electron chi connectivity index (χ1n) is 5.75. The predicted molar refractivity (Wildman–Crippen MR) is 68.3 cm³/mol. The lowest BCUT2D eigenvalue weighted by atomic mass is 10.0. The fourth-order valence-electron chi connectivity index (χ4n) is 2.16. The maximum Gasteiger partial charge on any atom is 0.149 e. The van der Waals surface area contributed by atoms with Gasteiger partial charge in [-0.25, -0.2) is 13.8 Å². The quantitative estimate of drug-likeness (QED) is 0.637. The summed E-state index contributed by atoms with van der Waals surface area (Å²) >= 11 is 0. The lowest BCUT2D eigenvalue weighted by Gasteiger charge is -2.14. The van der Waals surface area contributed by atoms with Crippen LogP contribution in [0.3, 0.4) is 0 Å². The summed E-state index contributed by atoms with van der Waals surface area (Å²) in [6, 6.07) is 1.15. The van der Waals surface area contributed by atoms with Gasteiger partial charge in [0.2, 0.25) is 0 Å². The smallest absolute Gasteiger partial charge is 0.149 e. The molecule has 0 spiro atoms. The molecule has 0 unspecified atom stereocenters. The maximum absolute atomic E-state index is 14.1. The van der Waals surface area contributed by atoms with Crippen LogP contribution in [-0.4, -0.2) is 4.98 Å². The highest BCUT2D eigenvalue weighted by atomic mass is 19.1. The summed E-state index contributed by atoms with van der Waals surface area (Å²) < 4.78 is 28.0. The predicted octanol–water partition coefficient (Wildman–Crippen LogP) is 2.98. The minimum atomic E-state index is -0.532. The number of anilines is 1. The lowest BCUT2D eigenvalue weighted by Crippen LogP contribution is -2.12. The monoisotopic (exact) mass is 251 g/mol. The normalized spacial score (nSPS) is 11.0. The van der Waals surface area contributed by atoms with E-state index in [0.717, 1.165) is 11.6 Å². The number of aryl methyl sites for hydroxylation is 2. The van der Waals surface area contributed by atoms with E-state index in [-0.39, 0.29) is 16.5 Å². The molecule has 3 nitrogen and oxygen atoms in total. The van der Waals surface area contributed by atoms with Crippen molar-refractivity contribution in [3.05, 3.63) is 34.5 Å². The van der Waals surface area contributed by atoms with Crippen LogP contribution in [0.15, 0.2) is 6.07 Å². The molecule has 2 rings (SSSR count). The van der Waals surface area contributed by atoms with Crippen molar-refractivity contribution in [2.45, 2.75) is 27.2 Å². The molecule has 2 aromatic rings. The molecule has 1 aromatic carbocycles. The van der Waals surface area contributed by atoms with E-state index >= 15 is 0 Å². The number of nitrogens with zero attached hydrogens (tertiary/aromatic N) is 1. The van der Waals surface area contributed by atoms with Gasteiger partial charge >= 0.3 is 0 Å². The Kier molecular flexibility index (Phi) is 3.17. The number of fused-ring (bicyclic) bond motifs is 1. The molecule has 96 valence electrons. The molecule has 0 fully saturated rings. The molecule has 1 heterocycles. The molecule has 0 aliphatic carbocycles. The van der Waals surface area contributed by atoms with Crippen LogP contribution < -0.4 is 11.3 Å². The molecule has 0 bridgehead atoms. The van der Waals surface area contributed by atoms with Crippen LogP contribution in [0.1, 0.15) is 23.7 Å². The van der Waals surface area contributed by atoms with Gasteiger partial charge in [0.25, 0.3) is 0 Å². The average Bonchev–Trinajstić information content (AvgIpc) is 2.35. The summed E-state index contributed by atoms with van der Waals surface area (Å²) in [6.07, 6.45) is 0.630. The van der Waals surface area contributed by atoms with Crippen LogP contribution in [0.4, 0.5) is 14.5 Å². The van der Waals surface area contributed by atoms with Crippen molar-refractivity contribution >= 4 is 16.6 Å². The standard InChI is InChI=1S/C13H15F2N3/c1-4-9-7(3)12(18-16)10-11(15)6(2)5-8(14)13(10)17-9/h5H,4,16H2,1-3H3,(H,17,18). The van der Waals surface area contributed by atoms with Gasteiger partial charge in [-0.2, -0.15) is 0 Å². The Morgan fingerprint density at radius 3 is 2.56 bits per heavy atom. The first-order chi connectivity index (χ1) is 8.51. The van der Waals surface area contributed by atoms with Gasteiger partial charge in [-0.3, -0.25) is 5.84 Å². The van der Waals surface area contributed by atoms with E-state index in [1.807, 2.05) is 6.92 Å². The van der Waals surface area contributed by atoms with Crippen LogP contribution in [0.5, 0.6) is 0 Å². The molecule has 18 heavy (non-hydrogen) atoms. The zero-order valence-electron chi connectivity index (χ0n) is 10.6. The number of rotatable bonds is 2. The van der Waals surface area contributed by atoms with Gasteiger partial charge in [0.1, 0.15) is 17.2 Å². The zero-order valence-corrected chi connectivity index (χ0v) is 10.6. The van der Waals surface area contributed by atoms with E-state index in [4.69, 9.17) is 5.84 Å². The van der Waals surface area contributed by atoms with E-state index in [1.165, 1.54) is 6.92 Å². The second-order valence-electron chi connectivity index (χ2n) is 4.27. The van der Waals surface area contributed by atoms with Crippen molar-refractivity contribution in [2.24, 2.45) is 5.84 Å². The van der Waals surface area contributed by atoms with Crippen molar-refractivity contribution < 1.29 is 8.78 Å². The molecule has 0 aliphatic heterocycles. The lowest BCUT2D eigenvalue weighted by molar-refractivity contribution is 0.607. The second kappa shape index (κ2) is 4.49. The number of benzene rings is 1. The molecule has 5 heteroatoms. The number of nitrogens with two attached hydrogens (primary N) is 1. The highest BCUT2D eigenvalue weighted by Crippen LogP contribution is 2.32. The van der Waals surface area contributed by atoms with Crippen LogP contribution in [0, 0.1) is 25.5 Å². The number of nitrogens with one attached hydrogen (secondary N) is 1. The van der Waals surface area contributed by atoms with Crippen LogP contribution in [-0.2, 0) is 6.42 Å². The minimum Gasteiger partial charge on any atom is -0.323 e. The van der Waals surface area contributed by atoms with Gasteiger partial charge in [-0.05, 0) is 37.5 Å². The Morgan fingerprint density at radius 1 is 1.33 bits per heavy atom. The number of hydrazine groups is 1. The number of nitrogen functional groups attached to an aromatic ring is 1. The molecule has 0 saturated heterocycles. The Labute approximate surface area is 104 Å². The van der Waals surface area contributed by atoms with Gasteiger partial charge in [0.05, 0.1) is 11.1 Å². The SMILES string of the molecule is CCc1nc2c(F)cc(C)c(F)c2c(NN)c1C. The first kappa shape index (κ1) is 12.7. The molecular weight excluding hydrogens is 236 g/mol. The Morgan fingerprint density at radius 2 is 2.00 bits per heavy atom. The number of hydrogen-bond acceptors (Lipinski definition) is 3. The van der Waals surface area contributed by atoms with Crippen LogP contribution >= 0.6 is 0 Å². The van der Waals surface area contributed by atoms with Crippen LogP contribution in [0.2, 0.25) is 0 Å². The molecule has 0 aliphatic rings. The second-order valence-corrected chi connectivity index (χ2v) is 4.27. The highest BCUT2D eigenvalue weighted by Gasteiger charge is 2.18. The average molecular weight is 251 g/mol. The van der Waals surface area contributed by atoms with Crippen molar-refractivity contribution in [3.8, 4) is 0 Å². The maximum atomic E-state index is 14.1. The molecule has 0 amide bonds. The minimum absolute atomic E-state index is 0.0218. The van der Waals surface area contributed by atoms with Crippen LogP contribution in [0.25, 0.3) is 10.9 Å². The number of aromatic nitrogens is 1. The summed E-state index contributed by atoms with van der Waals surface area (Å²) in [5.74, 6) is 4.42. The van der Waals surface area contributed by atoms with Crippen molar-refractivity contribution in [2.75, 3.05) is 5.43 Å². The molecule has 0 saturated carbocycles. The van der Waals surface area contributed by atoms with Gasteiger partial charge in [-0.1, -0.05) is 6.92 Å². The third kappa shape index (κ3) is 1.71. The summed E-state index contributed by atoms with van der Waals surface area (Å²) in [6.45, 7) is 5.21. The number of halogens is 2. The fourth-order valence-corrected chi connectivity index (χ4v) is 2.16. The van der Waals surface area contributed by atoms with Gasteiger partial charge in [0.15, 0.2) is 0 Å². The summed E-state index contributed by atoms with van der Waals surface area (Å²) in [7, 11) is 0. The first-order valence-corrected chi connectivity index (χ1v) is 5.75. The van der Waals surface area contributed by atoms with Crippen molar-refractivity contribution in [1.82, 2.24) is 4.98 Å². The highest BCUT2D eigenvalue weighted by molar-refractivity contribution is 5.94. The third-order valence-corrected chi connectivity index (χ3v) is 3.16. The Bertz CT molecular complexity index is 624. The summed E-state index contributed by atoms with van der Waals surface area (Å²) in [5.41, 5.74) is 4.57. The molecular formula is C13H15F2N3. The molecule has 0 atom stereocenters. The third-order valence-electron chi connectivity index (χ3n) is 3.16. The van der Waals surface area contributed by atoms with E-state index < -0.39 is 11.6 Å². The summed E-state index contributed by atoms with van der Waals surface area (Å²) in [5, 5.41) is 0.115. The summed E-state index contributed by atoms with van der Waals surface area (Å²) in [4.78, 5) is 4.19. The molecule has 1 aromatic heterocycles. The van der Waals surface area contributed by atoms with Gasteiger partial charge < -0.3 is 5.43 Å².